The fraction of sp³-hybridized carbons (Fsp3) is 0.211. The predicted octanol–water partition coefficient (Wildman–Crippen LogP) is 2.66. The van der Waals surface area contributed by atoms with Gasteiger partial charge in [0.05, 0.1) is 11.8 Å². The van der Waals surface area contributed by atoms with Gasteiger partial charge in [-0.25, -0.2) is 5.84 Å². The van der Waals surface area contributed by atoms with Crippen LogP contribution in [0.3, 0.4) is 0 Å². The summed E-state index contributed by atoms with van der Waals surface area (Å²) in [6, 6.07) is 18.0. The molecule has 0 aliphatic heterocycles. The van der Waals surface area contributed by atoms with Gasteiger partial charge in [-0.1, -0.05) is 47.7 Å². The van der Waals surface area contributed by atoms with Crippen LogP contribution in [-0.4, -0.2) is 25.9 Å². The van der Waals surface area contributed by atoms with Crippen LogP contribution >= 0.6 is 11.8 Å². The molecule has 0 saturated carbocycles. The Balaban J connectivity index is 1.87. The molecular weight excluding hydrogens is 360 g/mol. The highest BCUT2D eigenvalue weighted by atomic mass is 32.2. The van der Waals surface area contributed by atoms with E-state index in [2.05, 4.69) is 40.0 Å². The van der Waals surface area contributed by atoms with Crippen LogP contribution in [0.2, 0.25) is 0 Å². The minimum absolute atomic E-state index is 0.262. The molecule has 0 radical (unpaired) electrons. The Labute approximate surface area is 162 Å². The Kier molecular flexibility index (Phi) is 6.10. The highest BCUT2D eigenvalue weighted by Crippen LogP contribution is 2.26. The number of aromatic nitrogens is 3. The Morgan fingerprint density at radius 1 is 1.15 bits per heavy atom. The lowest BCUT2D eigenvalue weighted by atomic mass is 10.2. The second kappa shape index (κ2) is 8.70. The molecule has 1 atom stereocenters. The van der Waals surface area contributed by atoms with Crippen molar-refractivity contribution in [3.8, 4) is 5.69 Å². The monoisotopic (exact) mass is 382 g/mol. The van der Waals surface area contributed by atoms with E-state index in [9.17, 15) is 4.79 Å². The summed E-state index contributed by atoms with van der Waals surface area (Å²) in [6.07, 6.45) is 0. The van der Waals surface area contributed by atoms with Crippen LogP contribution in [0.15, 0.2) is 59.8 Å². The zero-order valence-corrected chi connectivity index (χ0v) is 16.0. The van der Waals surface area contributed by atoms with Gasteiger partial charge in [0, 0.05) is 11.4 Å². The molecule has 3 rings (SSSR count). The second-order valence-corrected chi connectivity index (χ2v) is 7.37. The quantitative estimate of drug-likeness (QED) is 0.252. The number of para-hydroxylation sites is 1. The highest BCUT2D eigenvalue weighted by Gasteiger charge is 2.20. The molecule has 0 bridgehead atoms. The number of hydrogen-bond donors (Lipinski definition) is 3. The molecule has 27 heavy (non-hydrogen) atoms. The third kappa shape index (κ3) is 4.66. The van der Waals surface area contributed by atoms with E-state index in [1.807, 2.05) is 47.0 Å². The van der Waals surface area contributed by atoms with Gasteiger partial charge < -0.3 is 5.32 Å². The van der Waals surface area contributed by atoms with Crippen LogP contribution in [0, 0.1) is 6.92 Å². The van der Waals surface area contributed by atoms with Crippen LogP contribution in [0.5, 0.6) is 0 Å². The minimum atomic E-state index is -0.389. The predicted molar refractivity (Wildman–Crippen MR) is 108 cm³/mol. The van der Waals surface area contributed by atoms with Crippen LogP contribution in [0.25, 0.3) is 5.69 Å². The zero-order chi connectivity index (χ0) is 19.2. The maximum absolute atomic E-state index is 11.8. The molecule has 0 fully saturated rings. The Bertz CT molecular complexity index is 894. The van der Waals surface area contributed by atoms with Crippen molar-refractivity contribution in [3.63, 3.8) is 0 Å². The maximum Gasteiger partial charge on any atom is 0.247 e. The molecule has 1 heterocycles. The summed E-state index contributed by atoms with van der Waals surface area (Å²) in [5.41, 5.74) is 5.32. The molecule has 1 aromatic heterocycles. The van der Waals surface area contributed by atoms with Gasteiger partial charge in [-0.05, 0) is 38.1 Å². The first-order chi connectivity index (χ1) is 13.1. The SMILES string of the molecule is Cc1ccc(NCc2nnc(S[C@H](C)C(=O)NN)n2-c2ccccc2)cc1. The lowest BCUT2D eigenvalue weighted by molar-refractivity contribution is -0.120. The van der Waals surface area contributed by atoms with Crippen molar-refractivity contribution in [2.75, 3.05) is 5.32 Å². The van der Waals surface area contributed by atoms with Gasteiger partial charge in [-0.3, -0.25) is 14.8 Å². The van der Waals surface area contributed by atoms with E-state index in [0.29, 0.717) is 11.7 Å². The molecular formula is C19H22N6OS. The van der Waals surface area contributed by atoms with E-state index in [4.69, 9.17) is 5.84 Å². The Hall–Kier alpha value is -2.84. The number of aryl methyl sites for hydroxylation is 1. The molecule has 0 spiro atoms. The first-order valence-corrected chi connectivity index (χ1v) is 9.44. The van der Waals surface area contributed by atoms with E-state index in [0.717, 1.165) is 17.2 Å². The number of carbonyl (C=O) groups is 1. The highest BCUT2D eigenvalue weighted by molar-refractivity contribution is 8.00. The first-order valence-electron chi connectivity index (χ1n) is 8.56. The molecule has 140 valence electrons. The van der Waals surface area contributed by atoms with Crippen LogP contribution in [0.4, 0.5) is 5.69 Å². The number of thioether (sulfide) groups is 1. The van der Waals surface area contributed by atoms with Crippen molar-refractivity contribution < 1.29 is 4.79 Å². The van der Waals surface area contributed by atoms with Gasteiger partial charge in [0.25, 0.3) is 0 Å². The normalized spacial score (nSPS) is 11.8. The van der Waals surface area contributed by atoms with Crippen LogP contribution < -0.4 is 16.6 Å². The smallest absolute Gasteiger partial charge is 0.247 e. The molecule has 0 saturated heterocycles. The van der Waals surface area contributed by atoms with Crippen molar-refractivity contribution >= 4 is 23.4 Å². The van der Waals surface area contributed by atoms with Gasteiger partial charge >= 0.3 is 0 Å². The summed E-state index contributed by atoms with van der Waals surface area (Å²) in [5.74, 6) is 5.73. The molecule has 2 aromatic carbocycles. The van der Waals surface area contributed by atoms with E-state index in [-0.39, 0.29) is 11.2 Å². The molecule has 0 unspecified atom stereocenters. The van der Waals surface area contributed by atoms with Crippen molar-refractivity contribution in [1.29, 1.82) is 0 Å². The third-order valence-electron chi connectivity index (χ3n) is 4.01. The van der Waals surface area contributed by atoms with E-state index in [1.54, 1.807) is 6.92 Å². The number of benzene rings is 2. The van der Waals surface area contributed by atoms with Gasteiger partial charge in [-0.15, -0.1) is 10.2 Å². The van der Waals surface area contributed by atoms with Crippen molar-refractivity contribution in [2.24, 2.45) is 5.84 Å². The molecule has 7 nitrogen and oxygen atoms in total. The number of carbonyl (C=O) groups excluding carboxylic acids is 1. The number of anilines is 1. The average molecular weight is 382 g/mol. The number of hydrogen-bond acceptors (Lipinski definition) is 6. The minimum Gasteiger partial charge on any atom is -0.378 e. The topological polar surface area (TPSA) is 97.9 Å². The summed E-state index contributed by atoms with van der Waals surface area (Å²) in [7, 11) is 0. The Morgan fingerprint density at radius 2 is 1.85 bits per heavy atom. The first kappa shape index (κ1) is 18.9. The fourth-order valence-electron chi connectivity index (χ4n) is 2.51. The zero-order valence-electron chi connectivity index (χ0n) is 15.2. The number of rotatable bonds is 7. The average Bonchev–Trinajstić information content (AvgIpc) is 3.09. The maximum atomic E-state index is 11.8. The number of hydrazine groups is 1. The standard InChI is InChI=1S/C19H22N6OS/c1-13-8-10-15(11-9-13)21-12-17-23-24-19(27-14(2)18(26)22-20)25(17)16-6-4-3-5-7-16/h3-11,14,21H,12,20H2,1-2H3,(H,22,26)/t14-/m1/s1. The summed E-state index contributed by atoms with van der Waals surface area (Å²) >= 11 is 1.31. The van der Waals surface area contributed by atoms with E-state index >= 15 is 0 Å². The van der Waals surface area contributed by atoms with Gasteiger partial charge in [-0.2, -0.15) is 0 Å². The van der Waals surface area contributed by atoms with Gasteiger partial charge in [0.2, 0.25) is 5.91 Å². The molecule has 3 aromatic rings. The summed E-state index contributed by atoms with van der Waals surface area (Å²) < 4.78 is 1.95. The molecule has 1 amide bonds. The Morgan fingerprint density at radius 3 is 2.52 bits per heavy atom. The lowest BCUT2D eigenvalue weighted by Gasteiger charge is -2.13. The van der Waals surface area contributed by atoms with E-state index in [1.165, 1.54) is 17.3 Å². The largest absolute Gasteiger partial charge is 0.378 e. The number of nitrogens with zero attached hydrogens (tertiary/aromatic N) is 3. The molecule has 8 heteroatoms. The summed E-state index contributed by atoms with van der Waals surface area (Å²) in [4.78, 5) is 11.8. The second-order valence-electron chi connectivity index (χ2n) is 6.06. The summed E-state index contributed by atoms with van der Waals surface area (Å²) in [6.45, 7) is 4.34. The van der Waals surface area contributed by atoms with Crippen LogP contribution in [0.1, 0.15) is 18.3 Å². The van der Waals surface area contributed by atoms with Crippen molar-refractivity contribution in [3.05, 3.63) is 66.0 Å². The third-order valence-corrected chi connectivity index (χ3v) is 5.05. The number of nitrogens with one attached hydrogen (secondary N) is 2. The van der Waals surface area contributed by atoms with E-state index < -0.39 is 0 Å². The van der Waals surface area contributed by atoms with Crippen LogP contribution in [-0.2, 0) is 11.3 Å². The summed E-state index contributed by atoms with van der Waals surface area (Å²) in [5, 5.41) is 12.2. The fourth-order valence-corrected chi connectivity index (χ4v) is 3.40. The lowest BCUT2D eigenvalue weighted by Crippen LogP contribution is -2.36. The van der Waals surface area contributed by atoms with Gasteiger partial charge in [0.15, 0.2) is 11.0 Å². The van der Waals surface area contributed by atoms with Gasteiger partial charge in [0.1, 0.15) is 0 Å². The molecule has 0 aliphatic rings. The number of nitrogens with two attached hydrogens (primary N) is 1. The molecule has 4 N–H and O–H groups in total. The molecule has 0 aliphatic carbocycles. The van der Waals surface area contributed by atoms with Crippen molar-refractivity contribution in [1.82, 2.24) is 20.2 Å². The van der Waals surface area contributed by atoms with Crippen molar-refractivity contribution in [2.45, 2.75) is 30.8 Å². The number of amides is 1.